The number of rotatable bonds is 11. The lowest BCUT2D eigenvalue weighted by Crippen LogP contribution is -2.56. The van der Waals surface area contributed by atoms with Crippen LogP contribution in [0.2, 0.25) is 0 Å². The van der Waals surface area contributed by atoms with Gasteiger partial charge < -0.3 is 30.2 Å². The Morgan fingerprint density at radius 3 is 2.84 bits per heavy atom. The van der Waals surface area contributed by atoms with Crippen molar-refractivity contribution >= 4 is 18.1 Å². The van der Waals surface area contributed by atoms with Crippen LogP contribution in [0.3, 0.4) is 0 Å². The number of aliphatic hydroxyl groups is 1. The summed E-state index contributed by atoms with van der Waals surface area (Å²) in [6.45, 7) is 4.52. The van der Waals surface area contributed by atoms with Gasteiger partial charge in [0.05, 0.1) is 12.1 Å². The van der Waals surface area contributed by atoms with Crippen molar-refractivity contribution in [1.29, 1.82) is 5.53 Å². The van der Waals surface area contributed by atoms with Gasteiger partial charge in [-0.1, -0.05) is 13.0 Å². The van der Waals surface area contributed by atoms with Crippen molar-refractivity contribution in [3.8, 4) is 5.75 Å². The van der Waals surface area contributed by atoms with E-state index in [1.54, 1.807) is 24.4 Å². The van der Waals surface area contributed by atoms with E-state index in [1.807, 2.05) is 0 Å². The molecule has 4 N–H and O–H groups in total. The van der Waals surface area contributed by atoms with Crippen LogP contribution < -0.4 is 15.4 Å². The maximum absolute atomic E-state index is 13.1. The zero-order valence-corrected chi connectivity index (χ0v) is 22.5. The van der Waals surface area contributed by atoms with Gasteiger partial charge in [0.2, 0.25) is 5.91 Å². The molecule has 1 aromatic carbocycles. The minimum absolute atomic E-state index is 0.0198. The molecule has 5 unspecified atom stereocenters. The van der Waals surface area contributed by atoms with Crippen molar-refractivity contribution in [2.24, 2.45) is 17.0 Å². The molecule has 3 aliphatic rings. The van der Waals surface area contributed by atoms with Crippen molar-refractivity contribution in [1.82, 2.24) is 15.5 Å². The number of hydrogen-bond donors (Lipinski definition) is 4. The van der Waals surface area contributed by atoms with Crippen LogP contribution in [0.15, 0.2) is 35.2 Å². The molecule has 2 saturated carbocycles. The van der Waals surface area contributed by atoms with Gasteiger partial charge in [0.25, 0.3) is 5.91 Å². The highest BCUT2D eigenvalue weighted by atomic mass is 16.5. The van der Waals surface area contributed by atoms with E-state index in [4.69, 9.17) is 10.3 Å². The zero-order chi connectivity index (χ0) is 27.5. The lowest BCUT2D eigenvalue weighted by atomic mass is 9.60. The molecule has 206 valence electrons. The molecular weight excluding hydrogens is 486 g/mol. The Morgan fingerprint density at radius 1 is 1.37 bits per heavy atom. The van der Waals surface area contributed by atoms with Gasteiger partial charge in [0.1, 0.15) is 30.4 Å². The van der Waals surface area contributed by atoms with Crippen LogP contribution in [-0.2, 0) is 16.1 Å². The van der Waals surface area contributed by atoms with E-state index < -0.39 is 11.6 Å². The van der Waals surface area contributed by atoms with Crippen LogP contribution in [0.5, 0.6) is 5.75 Å². The number of carbonyl (C=O) groups is 3. The van der Waals surface area contributed by atoms with E-state index in [2.05, 4.69) is 29.6 Å². The molecule has 1 aromatic rings. The molecule has 0 aromatic heterocycles. The van der Waals surface area contributed by atoms with Crippen molar-refractivity contribution in [2.45, 2.75) is 82.5 Å². The Bertz CT molecular complexity index is 1120. The number of benzene rings is 1. The lowest BCUT2D eigenvalue weighted by molar-refractivity contribution is -0.125. The number of carbonyl (C=O) groups excluding carboxylic acids is 3. The van der Waals surface area contributed by atoms with Crippen LogP contribution in [0.4, 0.5) is 0 Å². The van der Waals surface area contributed by atoms with E-state index in [0.29, 0.717) is 40.8 Å². The second-order valence-corrected chi connectivity index (χ2v) is 11.6. The minimum atomic E-state index is -0.755. The van der Waals surface area contributed by atoms with Gasteiger partial charge in [-0.25, -0.2) is 5.53 Å². The summed E-state index contributed by atoms with van der Waals surface area (Å²) in [4.78, 5) is 38.0. The minimum Gasteiger partial charge on any atom is -0.487 e. The van der Waals surface area contributed by atoms with Crippen molar-refractivity contribution in [2.75, 3.05) is 13.7 Å². The Kier molecular flexibility index (Phi) is 8.20. The summed E-state index contributed by atoms with van der Waals surface area (Å²) >= 11 is 0. The highest BCUT2D eigenvalue weighted by molar-refractivity contribution is 6.01. The van der Waals surface area contributed by atoms with E-state index in [9.17, 15) is 19.5 Å². The first-order valence-electron chi connectivity index (χ1n) is 13.4. The summed E-state index contributed by atoms with van der Waals surface area (Å²) in [7, 11) is 1.51. The third-order valence-corrected chi connectivity index (χ3v) is 8.13. The maximum Gasteiger partial charge on any atom is 0.255 e. The summed E-state index contributed by atoms with van der Waals surface area (Å²) in [5.74, 6) is 0.877. The second kappa shape index (κ2) is 11.2. The van der Waals surface area contributed by atoms with Crippen LogP contribution in [0.25, 0.3) is 0 Å². The van der Waals surface area contributed by atoms with Gasteiger partial charge in [-0.05, 0) is 69.4 Å². The molecule has 2 aliphatic carbocycles. The summed E-state index contributed by atoms with van der Waals surface area (Å²) in [6, 6.07) is 4.42. The number of ether oxygens (including phenoxy) is 1. The van der Waals surface area contributed by atoms with E-state index in [-0.39, 0.29) is 43.3 Å². The van der Waals surface area contributed by atoms with Crippen LogP contribution >= 0.6 is 0 Å². The van der Waals surface area contributed by atoms with Gasteiger partial charge in [0, 0.05) is 36.3 Å². The fraction of sp³-hybridized carbons (Fsp3) is 0.607. The molecular formula is C28H39N5O5. The molecule has 5 atom stereocenters. The zero-order valence-electron chi connectivity index (χ0n) is 22.5. The average molecular weight is 526 g/mol. The predicted molar refractivity (Wildman–Crippen MR) is 140 cm³/mol. The van der Waals surface area contributed by atoms with Crippen LogP contribution in [0, 0.1) is 17.4 Å². The maximum atomic E-state index is 13.1. The molecule has 2 fully saturated rings. The van der Waals surface area contributed by atoms with Gasteiger partial charge in [-0.15, -0.1) is 0 Å². The molecule has 4 rings (SSSR count). The van der Waals surface area contributed by atoms with Crippen LogP contribution in [0.1, 0.15) is 74.7 Å². The molecule has 2 amide bonds. The standard InChI is InChI=1S/C28H39N5O5/c1-18-10-19-12-27(2,17-28(37,11-18)13-19)31-14-20(32-29)16-38-24-8-4-6-21-22(24)15-33(26(21)36)23(7-5-9-34)25(35)30-3/h4,6,8-9,14,18-19,23,29,31,37H,5,7,10-13,15-17H2,1-3H3,(H,30,35)/b20-14-,32-29?. The smallest absolute Gasteiger partial charge is 0.255 e. The Balaban J connectivity index is 1.44. The Hall–Kier alpha value is -3.27. The molecule has 10 heteroatoms. The molecule has 0 saturated heterocycles. The summed E-state index contributed by atoms with van der Waals surface area (Å²) in [5.41, 5.74) is 8.20. The van der Waals surface area contributed by atoms with Crippen molar-refractivity contribution in [3.63, 3.8) is 0 Å². The van der Waals surface area contributed by atoms with Gasteiger partial charge >= 0.3 is 0 Å². The lowest BCUT2D eigenvalue weighted by Gasteiger charge is -2.52. The van der Waals surface area contributed by atoms with E-state index >= 15 is 0 Å². The Morgan fingerprint density at radius 2 is 2.16 bits per heavy atom. The topological polar surface area (TPSA) is 144 Å². The molecule has 0 spiro atoms. The SMILES string of the molecule is CNC(=O)C(CCC=O)N1Cc2c(OC/C(=C/NC3(C)CC4CC(C)CC(O)(C4)C3)N=N)cccc2C1=O. The third kappa shape index (κ3) is 5.90. The summed E-state index contributed by atoms with van der Waals surface area (Å²) in [5, 5.41) is 20.8. The number of fused-ring (bicyclic) bond motifs is 3. The molecule has 2 bridgehead atoms. The normalized spacial score (nSPS) is 29.3. The van der Waals surface area contributed by atoms with E-state index in [1.165, 1.54) is 11.9 Å². The fourth-order valence-electron chi connectivity index (χ4n) is 6.90. The number of aldehydes is 1. The van der Waals surface area contributed by atoms with Crippen LogP contribution in [-0.4, -0.2) is 58.9 Å². The summed E-state index contributed by atoms with van der Waals surface area (Å²) in [6.07, 6.45) is 7.22. The van der Waals surface area contributed by atoms with Gasteiger partial charge in [0.15, 0.2) is 0 Å². The quantitative estimate of drug-likeness (QED) is 0.258. The number of hydrogen-bond acceptors (Lipinski definition) is 8. The largest absolute Gasteiger partial charge is 0.487 e. The molecule has 1 heterocycles. The first-order chi connectivity index (χ1) is 18.1. The number of nitrogens with zero attached hydrogens (tertiary/aromatic N) is 2. The van der Waals surface area contributed by atoms with Crippen molar-refractivity contribution < 1.29 is 24.2 Å². The number of nitrogens with one attached hydrogen (secondary N) is 3. The summed E-state index contributed by atoms with van der Waals surface area (Å²) < 4.78 is 6.02. The third-order valence-electron chi connectivity index (χ3n) is 8.13. The Labute approximate surface area is 223 Å². The highest BCUT2D eigenvalue weighted by Gasteiger charge is 2.48. The van der Waals surface area contributed by atoms with Crippen molar-refractivity contribution in [3.05, 3.63) is 41.2 Å². The molecule has 10 nitrogen and oxygen atoms in total. The van der Waals surface area contributed by atoms with Gasteiger partial charge in [-0.2, -0.15) is 5.11 Å². The second-order valence-electron chi connectivity index (χ2n) is 11.6. The molecule has 0 radical (unpaired) electrons. The number of likely N-dealkylation sites (N-methyl/N-ethyl adjacent to an activating group) is 1. The monoisotopic (exact) mass is 525 g/mol. The average Bonchev–Trinajstić information content (AvgIpc) is 3.19. The predicted octanol–water partition coefficient (Wildman–Crippen LogP) is 3.30. The first kappa shape index (κ1) is 27.8. The number of amides is 2. The molecule has 38 heavy (non-hydrogen) atoms. The first-order valence-corrected chi connectivity index (χ1v) is 13.4. The highest BCUT2D eigenvalue weighted by Crippen LogP contribution is 2.48. The fourth-order valence-corrected chi connectivity index (χ4v) is 6.90. The van der Waals surface area contributed by atoms with Gasteiger partial charge in [-0.3, -0.25) is 9.59 Å². The van der Waals surface area contributed by atoms with E-state index in [0.717, 1.165) is 32.0 Å². The molecule has 1 aliphatic heterocycles.